The summed E-state index contributed by atoms with van der Waals surface area (Å²) in [5, 5.41) is 2.99. The highest BCUT2D eigenvalue weighted by Gasteiger charge is 2.22. The monoisotopic (exact) mass is 413 g/mol. The zero-order chi connectivity index (χ0) is 21.7. The summed E-state index contributed by atoms with van der Waals surface area (Å²) in [6, 6.07) is 10.9. The highest BCUT2D eigenvalue weighted by atomic mass is 16.5. The maximum Gasteiger partial charge on any atom is 0.255 e. The first kappa shape index (κ1) is 21.3. The van der Waals surface area contributed by atoms with E-state index in [4.69, 9.17) is 14.2 Å². The molecular formula is C22H27N3O5. The van der Waals surface area contributed by atoms with Crippen molar-refractivity contribution in [1.82, 2.24) is 4.90 Å². The van der Waals surface area contributed by atoms with Gasteiger partial charge in [0.25, 0.3) is 5.91 Å². The average molecular weight is 413 g/mol. The minimum absolute atomic E-state index is 0.0821. The van der Waals surface area contributed by atoms with Gasteiger partial charge in [-0.1, -0.05) is 12.1 Å². The predicted octanol–water partition coefficient (Wildman–Crippen LogP) is 2.63. The van der Waals surface area contributed by atoms with Crippen LogP contribution in [0.5, 0.6) is 17.2 Å². The van der Waals surface area contributed by atoms with Crippen molar-refractivity contribution in [3.05, 3.63) is 42.0 Å². The highest BCUT2D eigenvalue weighted by molar-refractivity contribution is 6.06. The summed E-state index contributed by atoms with van der Waals surface area (Å²) in [7, 11) is 4.53. The number of hydrogen-bond acceptors (Lipinski definition) is 6. The molecule has 0 unspecified atom stereocenters. The van der Waals surface area contributed by atoms with Crippen LogP contribution in [0.2, 0.25) is 0 Å². The summed E-state index contributed by atoms with van der Waals surface area (Å²) in [5.41, 5.74) is 2.01. The van der Waals surface area contributed by atoms with Crippen LogP contribution in [0.15, 0.2) is 36.4 Å². The standard InChI is InChI=1S/C22H27N3O5/c1-15(26)24-9-11-25(12-10-24)18-8-6-5-7-17(18)23-22(27)16-13-19(28-2)21(30-4)20(14-16)29-3/h5-8,13-14H,9-12H2,1-4H3,(H,23,27). The second-order valence-corrected chi connectivity index (χ2v) is 6.88. The van der Waals surface area contributed by atoms with Crippen LogP contribution in [-0.4, -0.2) is 64.2 Å². The SMILES string of the molecule is COc1cc(C(=O)Nc2ccccc2N2CCN(C(C)=O)CC2)cc(OC)c1OC. The van der Waals surface area contributed by atoms with Crippen molar-refractivity contribution in [2.24, 2.45) is 0 Å². The summed E-state index contributed by atoms with van der Waals surface area (Å²) in [6.07, 6.45) is 0. The molecule has 1 saturated heterocycles. The van der Waals surface area contributed by atoms with Gasteiger partial charge in [-0.2, -0.15) is 0 Å². The van der Waals surface area contributed by atoms with Crippen molar-refractivity contribution in [2.45, 2.75) is 6.92 Å². The maximum atomic E-state index is 13.0. The Labute approximate surface area is 176 Å². The number of rotatable bonds is 6. The third-order valence-corrected chi connectivity index (χ3v) is 5.14. The maximum absolute atomic E-state index is 13.0. The lowest BCUT2D eigenvalue weighted by atomic mass is 10.1. The van der Waals surface area contributed by atoms with Gasteiger partial charge in [0.05, 0.1) is 32.7 Å². The first-order chi connectivity index (χ1) is 14.5. The van der Waals surface area contributed by atoms with E-state index in [2.05, 4.69) is 10.2 Å². The molecule has 0 radical (unpaired) electrons. The quantitative estimate of drug-likeness (QED) is 0.784. The molecule has 8 heteroatoms. The lowest BCUT2D eigenvalue weighted by Gasteiger charge is -2.36. The zero-order valence-corrected chi connectivity index (χ0v) is 17.7. The summed E-state index contributed by atoms with van der Waals surface area (Å²) >= 11 is 0. The van der Waals surface area contributed by atoms with Crippen LogP contribution in [0.25, 0.3) is 0 Å². The van der Waals surface area contributed by atoms with Crippen molar-refractivity contribution in [3.8, 4) is 17.2 Å². The molecule has 1 heterocycles. The van der Waals surface area contributed by atoms with E-state index in [1.54, 1.807) is 19.1 Å². The second kappa shape index (κ2) is 9.39. The summed E-state index contributed by atoms with van der Waals surface area (Å²) in [5.74, 6) is 1.05. The minimum Gasteiger partial charge on any atom is -0.493 e. The van der Waals surface area contributed by atoms with Gasteiger partial charge in [0, 0.05) is 38.7 Å². The van der Waals surface area contributed by atoms with Crippen LogP contribution >= 0.6 is 0 Å². The summed E-state index contributed by atoms with van der Waals surface area (Å²) in [6.45, 7) is 4.31. The third-order valence-electron chi connectivity index (χ3n) is 5.14. The third kappa shape index (κ3) is 4.42. The van der Waals surface area contributed by atoms with E-state index >= 15 is 0 Å². The number of nitrogens with zero attached hydrogens (tertiary/aromatic N) is 2. The Morgan fingerprint density at radius 3 is 2.03 bits per heavy atom. The molecule has 3 rings (SSSR count). The van der Waals surface area contributed by atoms with Crippen LogP contribution in [-0.2, 0) is 4.79 Å². The van der Waals surface area contributed by atoms with Crippen molar-refractivity contribution in [1.29, 1.82) is 0 Å². The van der Waals surface area contributed by atoms with Gasteiger partial charge < -0.3 is 29.3 Å². The Kier molecular flexibility index (Phi) is 6.66. The van der Waals surface area contributed by atoms with Crippen LogP contribution in [0.3, 0.4) is 0 Å². The molecule has 8 nitrogen and oxygen atoms in total. The van der Waals surface area contributed by atoms with Gasteiger partial charge in [-0.05, 0) is 24.3 Å². The van der Waals surface area contributed by atoms with Gasteiger partial charge in [-0.25, -0.2) is 0 Å². The molecule has 2 aromatic carbocycles. The lowest BCUT2D eigenvalue weighted by Crippen LogP contribution is -2.48. The van der Waals surface area contributed by atoms with Gasteiger partial charge in [-0.15, -0.1) is 0 Å². The Balaban J connectivity index is 1.82. The fourth-order valence-electron chi connectivity index (χ4n) is 3.52. The number of methoxy groups -OCH3 is 3. The molecule has 30 heavy (non-hydrogen) atoms. The predicted molar refractivity (Wildman–Crippen MR) is 115 cm³/mol. The molecule has 2 aromatic rings. The molecule has 0 atom stereocenters. The summed E-state index contributed by atoms with van der Waals surface area (Å²) < 4.78 is 16.0. The number of carbonyl (C=O) groups is 2. The molecule has 0 saturated carbocycles. The largest absolute Gasteiger partial charge is 0.493 e. The first-order valence-electron chi connectivity index (χ1n) is 9.69. The number of nitrogens with one attached hydrogen (secondary N) is 1. The molecular weight excluding hydrogens is 386 g/mol. The van der Waals surface area contributed by atoms with Crippen molar-refractivity contribution >= 4 is 23.2 Å². The number of benzene rings is 2. The Morgan fingerprint density at radius 1 is 0.900 bits per heavy atom. The van der Waals surface area contributed by atoms with E-state index in [0.29, 0.717) is 54.7 Å². The van der Waals surface area contributed by atoms with Gasteiger partial charge in [0.15, 0.2) is 11.5 Å². The van der Waals surface area contributed by atoms with E-state index < -0.39 is 0 Å². The molecule has 1 aliphatic heterocycles. The molecule has 0 bridgehead atoms. The van der Waals surface area contributed by atoms with Crippen LogP contribution in [0.1, 0.15) is 17.3 Å². The summed E-state index contributed by atoms with van der Waals surface area (Å²) in [4.78, 5) is 28.6. The molecule has 1 aliphatic rings. The number of ether oxygens (including phenoxy) is 3. The van der Waals surface area contributed by atoms with Gasteiger partial charge in [0.1, 0.15) is 0 Å². The molecule has 1 fully saturated rings. The van der Waals surface area contributed by atoms with E-state index in [1.165, 1.54) is 21.3 Å². The van der Waals surface area contributed by atoms with Gasteiger partial charge >= 0.3 is 0 Å². The number of hydrogen-bond donors (Lipinski definition) is 1. The fourth-order valence-corrected chi connectivity index (χ4v) is 3.52. The van der Waals surface area contributed by atoms with Crippen LogP contribution < -0.4 is 24.4 Å². The molecule has 0 aromatic heterocycles. The van der Waals surface area contributed by atoms with E-state index in [1.807, 2.05) is 29.2 Å². The van der Waals surface area contributed by atoms with Crippen LogP contribution in [0.4, 0.5) is 11.4 Å². The average Bonchev–Trinajstić information content (AvgIpc) is 2.78. The second-order valence-electron chi connectivity index (χ2n) is 6.88. The Hall–Kier alpha value is -3.42. The number of piperazine rings is 1. The highest BCUT2D eigenvalue weighted by Crippen LogP contribution is 2.38. The van der Waals surface area contributed by atoms with Gasteiger partial charge in [0.2, 0.25) is 11.7 Å². The zero-order valence-electron chi connectivity index (χ0n) is 17.7. The van der Waals surface area contributed by atoms with Crippen molar-refractivity contribution in [2.75, 3.05) is 57.7 Å². The molecule has 2 amide bonds. The minimum atomic E-state index is -0.288. The molecule has 1 N–H and O–H groups in total. The van der Waals surface area contributed by atoms with Gasteiger partial charge in [-0.3, -0.25) is 9.59 Å². The van der Waals surface area contributed by atoms with Crippen LogP contribution in [0, 0.1) is 0 Å². The Morgan fingerprint density at radius 2 is 1.50 bits per heavy atom. The first-order valence-corrected chi connectivity index (χ1v) is 9.69. The molecule has 0 spiro atoms. The smallest absolute Gasteiger partial charge is 0.255 e. The van der Waals surface area contributed by atoms with Crippen molar-refractivity contribution < 1.29 is 23.8 Å². The number of amides is 2. The topological polar surface area (TPSA) is 80.3 Å². The van der Waals surface area contributed by atoms with E-state index in [-0.39, 0.29) is 11.8 Å². The number of para-hydroxylation sites is 2. The molecule has 0 aliphatic carbocycles. The van der Waals surface area contributed by atoms with Crippen molar-refractivity contribution in [3.63, 3.8) is 0 Å². The normalized spacial score (nSPS) is 13.6. The van der Waals surface area contributed by atoms with E-state index in [0.717, 1.165) is 5.69 Å². The number of anilines is 2. The number of carbonyl (C=O) groups excluding carboxylic acids is 2. The molecule has 160 valence electrons. The lowest BCUT2D eigenvalue weighted by molar-refractivity contribution is -0.129. The van der Waals surface area contributed by atoms with E-state index in [9.17, 15) is 9.59 Å². The fraction of sp³-hybridized carbons (Fsp3) is 0.364. The Bertz CT molecular complexity index is 898.